The Morgan fingerprint density at radius 2 is 1.83 bits per heavy atom. The monoisotopic (exact) mass is 472 g/mol. The van der Waals surface area contributed by atoms with Gasteiger partial charge in [-0.3, -0.25) is 10.1 Å². The van der Waals surface area contributed by atoms with Gasteiger partial charge in [-0.25, -0.2) is 17.6 Å². The van der Waals surface area contributed by atoms with Crippen LogP contribution >= 0.6 is 23.2 Å². The Morgan fingerprint density at radius 3 is 2.28 bits per heavy atom. The number of nitrogens with one attached hydrogen (secondary N) is 2. The highest BCUT2D eigenvalue weighted by Crippen LogP contribution is 2.17. The lowest BCUT2D eigenvalue weighted by molar-refractivity contribution is -0.122. The highest BCUT2D eigenvalue weighted by Gasteiger charge is 2.34. The molecule has 0 heterocycles. The summed E-state index contributed by atoms with van der Waals surface area (Å²) in [6.07, 6.45) is -2.62. The third-order valence-electron chi connectivity index (χ3n) is 4.06. The van der Waals surface area contributed by atoms with Crippen molar-refractivity contribution in [2.24, 2.45) is 0 Å². The van der Waals surface area contributed by atoms with Crippen LogP contribution in [0.1, 0.15) is 18.4 Å². The molecule has 1 aromatic carbocycles. The number of rotatable bonds is 11. The highest BCUT2D eigenvalue weighted by atomic mass is 35.5. The number of alkyl halides is 3. The zero-order valence-corrected chi connectivity index (χ0v) is 18.1. The van der Waals surface area contributed by atoms with E-state index in [0.717, 1.165) is 11.8 Å². The molecule has 29 heavy (non-hydrogen) atoms. The number of sulfone groups is 1. The Kier molecular flexibility index (Phi) is 10.1. The first-order chi connectivity index (χ1) is 13.5. The van der Waals surface area contributed by atoms with Crippen molar-refractivity contribution >= 4 is 45.1 Å². The maximum atomic E-state index is 14.3. The van der Waals surface area contributed by atoms with Gasteiger partial charge in [0.15, 0.2) is 21.0 Å². The summed E-state index contributed by atoms with van der Waals surface area (Å²) in [7, 11) is -2.01. The smallest absolute Gasteiger partial charge is 0.450 e. The summed E-state index contributed by atoms with van der Waals surface area (Å²) in [5.74, 6) is -0.883. The summed E-state index contributed by atoms with van der Waals surface area (Å²) in [5.41, 5.74) is 0.805. The van der Waals surface area contributed by atoms with E-state index in [0.29, 0.717) is 12.8 Å². The van der Waals surface area contributed by atoms with E-state index in [2.05, 4.69) is 10.6 Å². The molecule has 0 radical (unpaired) electrons. The predicted octanol–water partition coefficient (Wildman–Crippen LogP) is 2.28. The molecule has 164 valence electrons. The quantitative estimate of drug-likeness (QED) is 0.256. The molecule has 8 nitrogen and oxygen atoms in total. The fourth-order valence-electron chi connectivity index (χ4n) is 2.61. The normalized spacial score (nSPS) is 14.8. The molecule has 0 bridgehead atoms. The van der Waals surface area contributed by atoms with Crippen LogP contribution < -0.4 is 10.6 Å². The first-order valence-corrected chi connectivity index (χ1v) is 11.3. The molecule has 3 atom stereocenters. The largest absolute Gasteiger partial charge is 0.506 e. The number of ether oxygens (including phenoxy) is 1. The van der Waals surface area contributed by atoms with Gasteiger partial charge in [-0.2, -0.15) is 0 Å². The fraction of sp³-hybridized carbons (Fsp3) is 0.529. The van der Waals surface area contributed by atoms with Crippen molar-refractivity contribution in [1.82, 2.24) is 10.6 Å². The van der Waals surface area contributed by atoms with Gasteiger partial charge in [0.2, 0.25) is 0 Å². The first-order valence-electron chi connectivity index (χ1n) is 8.54. The summed E-state index contributed by atoms with van der Waals surface area (Å²) in [6.45, 7) is 0. The number of carbonyl (C=O) groups is 2. The second-order valence-corrected chi connectivity index (χ2v) is 9.37. The molecule has 3 N–H and O–H groups in total. The van der Waals surface area contributed by atoms with E-state index in [-0.39, 0.29) is 11.3 Å². The molecule has 0 aliphatic rings. The first kappa shape index (κ1) is 25.4. The van der Waals surface area contributed by atoms with Crippen molar-refractivity contribution < 1.29 is 32.2 Å². The maximum absolute atomic E-state index is 14.3. The van der Waals surface area contributed by atoms with E-state index in [1.165, 1.54) is 19.2 Å². The number of carbonyl (C=O) groups excluding carboxylic acids is 1. The van der Waals surface area contributed by atoms with Crippen LogP contribution in [0.3, 0.4) is 0 Å². The van der Waals surface area contributed by atoms with Gasteiger partial charge in [-0.1, -0.05) is 35.3 Å². The van der Waals surface area contributed by atoms with Crippen LogP contribution in [-0.4, -0.2) is 62.2 Å². The lowest BCUT2D eigenvalue weighted by Crippen LogP contribution is -2.55. The third kappa shape index (κ3) is 8.73. The van der Waals surface area contributed by atoms with E-state index in [9.17, 15) is 22.4 Å². The summed E-state index contributed by atoms with van der Waals surface area (Å²) in [4.78, 5) is 21.5. The molecule has 1 amide bonds. The van der Waals surface area contributed by atoms with Gasteiger partial charge in [-0.15, -0.1) is 0 Å². The number of aryl methyl sites for hydroxylation is 1. The SMILES string of the molecule is CNC(F)[C@@H](NC(=O)C(Cl)Cl)[C@@H](CCCc1ccc(S(C)(=O)=O)cc1)OC(=O)O. The average molecular weight is 473 g/mol. The number of halogens is 3. The van der Waals surface area contributed by atoms with Crippen molar-refractivity contribution in [3.8, 4) is 0 Å². The molecule has 0 saturated carbocycles. The number of likely N-dealkylation sites (N-methyl/N-ethyl adjacent to an activating group) is 1. The maximum Gasteiger partial charge on any atom is 0.506 e. The molecular weight excluding hydrogens is 450 g/mol. The van der Waals surface area contributed by atoms with E-state index in [1.54, 1.807) is 12.1 Å². The number of carboxylic acid groups (broad SMARTS) is 1. The topological polar surface area (TPSA) is 122 Å². The summed E-state index contributed by atoms with van der Waals surface area (Å²) in [5, 5.41) is 13.5. The molecule has 0 saturated heterocycles. The zero-order chi connectivity index (χ0) is 22.2. The summed E-state index contributed by atoms with van der Waals surface area (Å²) < 4.78 is 42.0. The summed E-state index contributed by atoms with van der Waals surface area (Å²) in [6, 6.07) is 4.87. The molecule has 1 aromatic rings. The number of benzene rings is 1. The lowest BCUT2D eigenvalue weighted by atomic mass is 10.0. The second kappa shape index (κ2) is 11.5. The van der Waals surface area contributed by atoms with E-state index in [1.807, 2.05) is 0 Å². The van der Waals surface area contributed by atoms with Crippen LogP contribution in [0.4, 0.5) is 9.18 Å². The van der Waals surface area contributed by atoms with Crippen LogP contribution in [0.2, 0.25) is 0 Å². The highest BCUT2D eigenvalue weighted by molar-refractivity contribution is 7.90. The molecule has 0 aliphatic heterocycles. The fourth-order valence-corrected chi connectivity index (χ4v) is 3.37. The minimum absolute atomic E-state index is 0.0857. The Morgan fingerprint density at radius 1 is 1.24 bits per heavy atom. The number of hydrogen-bond acceptors (Lipinski definition) is 6. The van der Waals surface area contributed by atoms with E-state index in [4.69, 9.17) is 33.0 Å². The number of amides is 1. The lowest BCUT2D eigenvalue weighted by Gasteiger charge is -2.29. The Labute approximate surface area is 178 Å². The van der Waals surface area contributed by atoms with Crippen molar-refractivity contribution in [2.75, 3.05) is 13.3 Å². The van der Waals surface area contributed by atoms with Gasteiger partial charge >= 0.3 is 6.16 Å². The molecule has 0 aromatic heterocycles. The van der Waals surface area contributed by atoms with E-state index >= 15 is 0 Å². The van der Waals surface area contributed by atoms with Gasteiger partial charge in [0, 0.05) is 6.26 Å². The standard InChI is InChI=1S/C17H23Cl2FN2O6S/c1-21-15(20)13(22-16(23)14(18)19)12(28-17(24)25)5-3-4-10-6-8-11(9-7-10)29(2,26)27/h6-9,12-15,21H,3-5H2,1-2H3,(H,22,23)(H,24,25)/t12-,13+,15?/m1/s1. The van der Waals surface area contributed by atoms with Gasteiger partial charge in [0.25, 0.3) is 5.91 Å². The molecule has 0 fully saturated rings. The molecule has 1 rings (SSSR count). The van der Waals surface area contributed by atoms with Crippen molar-refractivity contribution in [3.05, 3.63) is 29.8 Å². The van der Waals surface area contributed by atoms with Gasteiger partial charge in [0.1, 0.15) is 12.1 Å². The zero-order valence-electron chi connectivity index (χ0n) is 15.8. The van der Waals surface area contributed by atoms with Crippen molar-refractivity contribution in [2.45, 2.75) is 47.4 Å². The van der Waals surface area contributed by atoms with Crippen molar-refractivity contribution in [3.63, 3.8) is 0 Å². The van der Waals surface area contributed by atoms with Crippen LogP contribution in [0, 0.1) is 0 Å². The predicted molar refractivity (Wildman–Crippen MR) is 107 cm³/mol. The number of hydrogen-bond donors (Lipinski definition) is 3. The summed E-state index contributed by atoms with van der Waals surface area (Å²) >= 11 is 10.9. The molecule has 1 unspecified atom stereocenters. The van der Waals surface area contributed by atoms with Gasteiger partial charge < -0.3 is 15.2 Å². The minimum Gasteiger partial charge on any atom is -0.450 e. The van der Waals surface area contributed by atoms with Gasteiger partial charge in [0.05, 0.1) is 4.90 Å². The molecular formula is C17H23Cl2FN2O6S. The van der Waals surface area contributed by atoms with E-state index < -0.39 is 45.2 Å². The Bertz CT molecular complexity index is 792. The minimum atomic E-state index is -3.30. The van der Waals surface area contributed by atoms with Gasteiger partial charge in [-0.05, 0) is 44.0 Å². The Balaban J connectivity index is 2.85. The van der Waals surface area contributed by atoms with Crippen molar-refractivity contribution in [1.29, 1.82) is 0 Å². The second-order valence-electron chi connectivity index (χ2n) is 6.26. The van der Waals surface area contributed by atoms with Crippen LogP contribution in [0.25, 0.3) is 0 Å². The van der Waals surface area contributed by atoms with Crippen LogP contribution in [-0.2, 0) is 25.8 Å². The Hall–Kier alpha value is -1.62. The molecule has 12 heteroatoms. The third-order valence-corrected chi connectivity index (χ3v) is 5.58. The molecule has 0 spiro atoms. The molecule has 0 aliphatic carbocycles. The average Bonchev–Trinajstić information content (AvgIpc) is 2.63. The van der Waals surface area contributed by atoms with Crippen LogP contribution in [0.5, 0.6) is 0 Å². The van der Waals surface area contributed by atoms with Crippen LogP contribution in [0.15, 0.2) is 29.2 Å².